The third-order valence-electron chi connectivity index (χ3n) is 0.963. The number of hydrogen-bond acceptors (Lipinski definition) is 2. The molecule has 0 radical (unpaired) electrons. The van der Waals surface area contributed by atoms with Crippen LogP contribution < -0.4 is 0 Å². The summed E-state index contributed by atoms with van der Waals surface area (Å²) in [5.74, 6) is 0. The summed E-state index contributed by atoms with van der Waals surface area (Å²) in [5, 5.41) is 0. The van der Waals surface area contributed by atoms with Crippen molar-refractivity contribution in [2.75, 3.05) is 6.67 Å². The lowest BCUT2D eigenvalue weighted by Crippen LogP contribution is -2.46. The van der Waals surface area contributed by atoms with Gasteiger partial charge in [0.05, 0.1) is 0 Å². The van der Waals surface area contributed by atoms with Gasteiger partial charge in [0.1, 0.15) is 6.67 Å². The van der Waals surface area contributed by atoms with E-state index in [1.807, 2.05) is 4.74 Å². The number of halogens is 9. The van der Waals surface area contributed by atoms with E-state index in [1.165, 1.54) is 0 Å². The molecule has 0 saturated heterocycles. The molecule has 0 fully saturated rings. The molecule has 0 aliphatic rings. The first-order valence-corrected chi connectivity index (χ1v) is 3.31. The van der Waals surface area contributed by atoms with Crippen molar-refractivity contribution < 1.29 is 49.0 Å². The molecule has 0 aromatic carbocycles. The summed E-state index contributed by atoms with van der Waals surface area (Å²) in [4.78, 5) is 0. The molecule has 1 atom stereocenters. The van der Waals surface area contributed by atoms with Crippen molar-refractivity contribution in [3.05, 3.63) is 0 Å². The summed E-state index contributed by atoms with van der Waals surface area (Å²) < 4.78 is 109. The van der Waals surface area contributed by atoms with Crippen LogP contribution in [0.4, 0.5) is 39.5 Å². The molecule has 0 amide bonds. The van der Waals surface area contributed by atoms with Crippen molar-refractivity contribution >= 4 is 0 Å². The van der Waals surface area contributed by atoms with Crippen molar-refractivity contribution in [3.8, 4) is 0 Å². The lowest BCUT2D eigenvalue weighted by Gasteiger charge is -2.24. The minimum atomic E-state index is -6.44. The Morgan fingerprint density at radius 1 is 0.938 bits per heavy atom. The molecule has 11 heteroatoms. The zero-order valence-electron chi connectivity index (χ0n) is 7.00. The van der Waals surface area contributed by atoms with Crippen LogP contribution in [0.25, 0.3) is 0 Å². The van der Waals surface area contributed by atoms with E-state index < -0.39 is 31.6 Å². The van der Waals surface area contributed by atoms with Crippen molar-refractivity contribution in [1.29, 1.82) is 0 Å². The van der Waals surface area contributed by atoms with Gasteiger partial charge in [-0.1, -0.05) is 0 Å². The molecule has 0 rings (SSSR count). The molecule has 2 nitrogen and oxygen atoms in total. The predicted octanol–water partition coefficient (Wildman–Crippen LogP) is 2.99. The molecule has 0 heterocycles. The Hall–Kier alpha value is -0.710. The Morgan fingerprint density at radius 3 is 1.69 bits per heavy atom. The summed E-state index contributed by atoms with van der Waals surface area (Å²) in [5.41, 5.74) is 0. The largest absolute Gasteiger partial charge is 0.493 e. The fourth-order valence-electron chi connectivity index (χ4n) is 0.412. The van der Waals surface area contributed by atoms with Crippen LogP contribution in [-0.4, -0.2) is 31.6 Å². The summed E-state index contributed by atoms with van der Waals surface area (Å²) >= 11 is 0. The fourth-order valence-corrected chi connectivity index (χ4v) is 0.412. The van der Waals surface area contributed by atoms with Gasteiger partial charge >= 0.3 is 18.6 Å². The standard InChI is InChI=1S/C5H3F9O2/c6-1-2(7)15-5(13,14)16-4(11,12)3(8,9)10/h2H,1H2. The lowest BCUT2D eigenvalue weighted by molar-refractivity contribution is -0.522. The van der Waals surface area contributed by atoms with Gasteiger partial charge < -0.3 is 0 Å². The fraction of sp³-hybridized carbons (Fsp3) is 1.00. The summed E-state index contributed by atoms with van der Waals surface area (Å²) in [6, 6.07) is 0. The van der Waals surface area contributed by atoms with E-state index in [9.17, 15) is 39.5 Å². The summed E-state index contributed by atoms with van der Waals surface area (Å²) in [6.45, 7) is -2.17. The molecule has 0 saturated carbocycles. The smallest absolute Gasteiger partial charge is 0.258 e. The van der Waals surface area contributed by atoms with Gasteiger partial charge in [0.15, 0.2) is 0 Å². The molecule has 0 spiro atoms. The van der Waals surface area contributed by atoms with Crippen LogP contribution in [0.1, 0.15) is 0 Å². The van der Waals surface area contributed by atoms with Gasteiger partial charge in [-0.2, -0.15) is 22.0 Å². The minimum Gasteiger partial charge on any atom is -0.258 e. The zero-order valence-corrected chi connectivity index (χ0v) is 7.00. The normalized spacial score (nSPS) is 16.3. The first-order valence-electron chi connectivity index (χ1n) is 3.31. The summed E-state index contributed by atoms with van der Waals surface area (Å²) in [7, 11) is 0. The molecule has 0 bridgehead atoms. The third kappa shape index (κ3) is 4.43. The highest BCUT2D eigenvalue weighted by Crippen LogP contribution is 2.40. The van der Waals surface area contributed by atoms with Crippen LogP contribution in [0.2, 0.25) is 0 Å². The molecule has 16 heavy (non-hydrogen) atoms. The minimum absolute atomic E-state index is 1.94. The molecule has 0 aromatic heterocycles. The predicted molar refractivity (Wildman–Crippen MR) is 29.0 cm³/mol. The van der Waals surface area contributed by atoms with Crippen LogP contribution in [0.15, 0.2) is 0 Å². The van der Waals surface area contributed by atoms with E-state index in [-0.39, 0.29) is 0 Å². The van der Waals surface area contributed by atoms with Crippen molar-refractivity contribution in [2.24, 2.45) is 0 Å². The SMILES string of the molecule is FCC(F)OC(F)(F)OC(F)(F)C(F)(F)F. The van der Waals surface area contributed by atoms with Gasteiger partial charge in [-0.25, -0.2) is 13.5 Å². The van der Waals surface area contributed by atoms with E-state index in [1.54, 1.807) is 0 Å². The lowest BCUT2D eigenvalue weighted by atomic mass is 10.6. The van der Waals surface area contributed by atoms with Crippen LogP contribution >= 0.6 is 0 Å². The van der Waals surface area contributed by atoms with Crippen molar-refractivity contribution in [1.82, 2.24) is 0 Å². The van der Waals surface area contributed by atoms with E-state index in [4.69, 9.17) is 0 Å². The quantitative estimate of drug-likeness (QED) is 0.562. The molecule has 98 valence electrons. The van der Waals surface area contributed by atoms with E-state index in [2.05, 4.69) is 4.74 Å². The van der Waals surface area contributed by atoms with Gasteiger partial charge in [-0.15, -0.1) is 8.78 Å². The number of ether oxygens (including phenoxy) is 2. The van der Waals surface area contributed by atoms with Crippen LogP contribution in [0.5, 0.6) is 0 Å². The monoisotopic (exact) mass is 266 g/mol. The topological polar surface area (TPSA) is 18.5 Å². The van der Waals surface area contributed by atoms with E-state index >= 15 is 0 Å². The maximum atomic E-state index is 12.1. The highest BCUT2D eigenvalue weighted by atomic mass is 19.4. The van der Waals surface area contributed by atoms with Crippen LogP contribution in [-0.2, 0) is 9.47 Å². The second-order valence-corrected chi connectivity index (χ2v) is 2.26. The first-order chi connectivity index (χ1) is 6.91. The van der Waals surface area contributed by atoms with Gasteiger partial charge in [-0.05, 0) is 0 Å². The number of hydrogen-bond donors (Lipinski definition) is 0. The van der Waals surface area contributed by atoms with Crippen LogP contribution in [0, 0.1) is 0 Å². The van der Waals surface area contributed by atoms with E-state index in [0.29, 0.717) is 0 Å². The van der Waals surface area contributed by atoms with Crippen LogP contribution in [0.3, 0.4) is 0 Å². The van der Waals surface area contributed by atoms with Crippen molar-refractivity contribution in [3.63, 3.8) is 0 Å². The maximum absolute atomic E-state index is 12.1. The average molecular weight is 266 g/mol. The number of rotatable bonds is 5. The molecule has 0 aliphatic carbocycles. The van der Waals surface area contributed by atoms with Gasteiger partial charge in [0, 0.05) is 0 Å². The second-order valence-electron chi connectivity index (χ2n) is 2.26. The Balaban J connectivity index is 4.58. The van der Waals surface area contributed by atoms with Gasteiger partial charge in [-0.3, -0.25) is 4.74 Å². The first kappa shape index (κ1) is 15.3. The van der Waals surface area contributed by atoms with Gasteiger partial charge in [0.2, 0.25) is 6.36 Å². The highest BCUT2D eigenvalue weighted by Gasteiger charge is 2.64. The molecular formula is C5H3F9O2. The maximum Gasteiger partial charge on any atom is 0.493 e. The van der Waals surface area contributed by atoms with Gasteiger partial charge in [0.25, 0.3) is 0 Å². The molecule has 0 aromatic rings. The van der Waals surface area contributed by atoms with E-state index in [0.717, 1.165) is 0 Å². The Bertz CT molecular complexity index is 224. The molecule has 0 aliphatic heterocycles. The Kier molecular flexibility index (Phi) is 4.45. The molecule has 0 N–H and O–H groups in total. The Morgan fingerprint density at radius 2 is 1.38 bits per heavy atom. The summed E-state index contributed by atoms with van der Waals surface area (Å²) in [6.07, 6.45) is -21.7. The number of alkyl halides is 9. The second kappa shape index (κ2) is 4.65. The highest BCUT2D eigenvalue weighted by molar-refractivity contribution is 4.65. The van der Waals surface area contributed by atoms with Crippen molar-refractivity contribution in [2.45, 2.75) is 24.9 Å². The third-order valence-corrected chi connectivity index (χ3v) is 0.963. The zero-order chi connectivity index (χ0) is 13.2. The average Bonchev–Trinajstić information content (AvgIpc) is 1.98. The molecule has 1 unspecified atom stereocenters. The Labute approximate surface area is 81.9 Å². The molecular weight excluding hydrogens is 263 g/mol.